The summed E-state index contributed by atoms with van der Waals surface area (Å²) in [6, 6.07) is 2.19. The molecule has 9 heteroatoms. The van der Waals surface area contributed by atoms with E-state index in [0.29, 0.717) is 15.9 Å². The van der Waals surface area contributed by atoms with Gasteiger partial charge in [0.05, 0.1) is 10.2 Å². The number of fused-ring (bicyclic) bond motifs is 2. The molecule has 0 fully saturated rings. The van der Waals surface area contributed by atoms with Crippen molar-refractivity contribution in [3.8, 4) is 0 Å². The third kappa shape index (κ3) is 2.22. The number of carbonyl (C=O) groups is 1. The smallest absolute Gasteiger partial charge is 0.334 e. The van der Waals surface area contributed by atoms with E-state index in [1.54, 1.807) is 18.3 Å². The van der Waals surface area contributed by atoms with E-state index in [1.165, 1.54) is 4.68 Å². The third-order valence-electron chi connectivity index (χ3n) is 4.28. The van der Waals surface area contributed by atoms with E-state index in [4.69, 9.17) is 12.2 Å². The number of carboxylic acids is 1. The van der Waals surface area contributed by atoms with Gasteiger partial charge in [-0.25, -0.2) is 9.18 Å². The minimum atomic E-state index is -1.08. The number of H-pyrrole nitrogens is 1. The molecule has 2 aromatic heterocycles. The van der Waals surface area contributed by atoms with Crippen molar-refractivity contribution < 1.29 is 14.3 Å². The second-order valence-electron chi connectivity index (χ2n) is 5.69. The Kier molecular flexibility index (Phi) is 3.57. The number of aliphatic carboxylic acids is 1. The minimum Gasteiger partial charge on any atom is -0.479 e. The van der Waals surface area contributed by atoms with Crippen LogP contribution in [-0.4, -0.2) is 30.4 Å². The highest BCUT2D eigenvalue weighted by atomic mass is 79.9. The summed E-state index contributed by atoms with van der Waals surface area (Å²) in [5.74, 6) is -1.58. The molecule has 0 spiro atoms. The monoisotopic (exact) mass is 410 g/mol. The van der Waals surface area contributed by atoms with Crippen molar-refractivity contribution in [2.24, 2.45) is 0 Å². The van der Waals surface area contributed by atoms with Gasteiger partial charge >= 0.3 is 5.97 Å². The maximum Gasteiger partial charge on any atom is 0.334 e. The Hall–Kier alpha value is -2.00. The average molecular weight is 411 g/mol. The highest BCUT2D eigenvalue weighted by Gasteiger charge is 2.31. The van der Waals surface area contributed by atoms with Crippen molar-refractivity contribution in [3.63, 3.8) is 0 Å². The first-order valence-electron chi connectivity index (χ1n) is 7.34. The molecule has 1 aromatic carbocycles. The van der Waals surface area contributed by atoms with Gasteiger partial charge in [0.15, 0.2) is 16.6 Å². The fraction of sp³-hybridized carbons (Fsp3) is 0.267. The third-order valence-corrected chi connectivity index (χ3v) is 5.21. The van der Waals surface area contributed by atoms with Crippen molar-refractivity contribution in [3.05, 3.63) is 44.8 Å². The predicted molar refractivity (Wildman–Crippen MR) is 91.1 cm³/mol. The quantitative estimate of drug-likeness (QED) is 0.648. The maximum absolute atomic E-state index is 14.2. The van der Waals surface area contributed by atoms with E-state index >= 15 is 0 Å². The number of imidazole rings is 1. The van der Waals surface area contributed by atoms with Gasteiger partial charge in [-0.15, -0.1) is 0 Å². The number of aromatic nitrogens is 4. The Morgan fingerprint density at radius 1 is 1.50 bits per heavy atom. The van der Waals surface area contributed by atoms with Crippen LogP contribution in [-0.2, 0) is 17.8 Å². The SMILES string of the molecule is O=C(O)[C@@H](c1[nH]c(=S)n2c1CCC2)n1cc2ccc(Br)c(F)c2n1. The topological polar surface area (TPSA) is 75.8 Å². The fourth-order valence-corrected chi connectivity index (χ4v) is 3.84. The number of rotatable bonds is 3. The molecule has 1 atom stereocenters. The zero-order chi connectivity index (χ0) is 17.0. The summed E-state index contributed by atoms with van der Waals surface area (Å²) in [5, 5.41) is 14.5. The summed E-state index contributed by atoms with van der Waals surface area (Å²) in [5.41, 5.74) is 1.52. The van der Waals surface area contributed by atoms with Gasteiger partial charge in [0, 0.05) is 23.8 Å². The van der Waals surface area contributed by atoms with Crippen LogP contribution in [0.5, 0.6) is 0 Å². The van der Waals surface area contributed by atoms with Crippen LogP contribution in [0.3, 0.4) is 0 Å². The molecule has 4 rings (SSSR count). The molecule has 3 heterocycles. The molecular formula is C15H12BrFN4O2S. The van der Waals surface area contributed by atoms with Gasteiger partial charge in [0.2, 0.25) is 0 Å². The van der Waals surface area contributed by atoms with Gasteiger partial charge in [0.1, 0.15) is 5.52 Å². The number of aromatic amines is 1. The number of benzene rings is 1. The van der Waals surface area contributed by atoms with Crippen LogP contribution in [0.2, 0.25) is 0 Å². The Bertz CT molecular complexity index is 1040. The molecule has 0 amide bonds. The molecule has 0 radical (unpaired) electrons. The van der Waals surface area contributed by atoms with Gasteiger partial charge < -0.3 is 14.7 Å². The van der Waals surface area contributed by atoms with Gasteiger partial charge in [-0.2, -0.15) is 5.10 Å². The van der Waals surface area contributed by atoms with Crippen molar-refractivity contribution in [2.75, 3.05) is 0 Å². The molecule has 2 N–H and O–H groups in total. The molecule has 24 heavy (non-hydrogen) atoms. The van der Waals surface area contributed by atoms with Crippen molar-refractivity contribution in [2.45, 2.75) is 25.4 Å². The average Bonchev–Trinajstić information content (AvgIpc) is 3.22. The van der Waals surface area contributed by atoms with Crippen LogP contribution in [0.15, 0.2) is 22.8 Å². The van der Waals surface area contributed by atoms with Crippen LogP contribution in [0.1, 0.15) is 23.9 Å². The molecule has 6 nitrogen and oxygen atoms in total. The number of halogens is 2. The number of hydrogen-bond acceptors (Lipinski definition) is 3. The first-order valence-corrected chi connectivity index (χ1v) is 8.54. The van der Waals surface area contributed by atoms with Crippen LogP contribution >= 0.6 is 28.1 Å². The van der Waals surface area contributed by atoms with Crippen molar-refractivity contribution in [1.82, 2.24) is 19.3 Å². The lowest BCUT2D eigenvalue weighted by Crippen LogP contribution is -2.22. The standard InChI is InChI=1S/C15H12BrFN4O2S/c16-8-4-3-7-6-21(19-11(7)10(8)17)13(14(22)23)12-9-2-1-5-20(9)15(24)18-12/h3-4,6,13H,1-2,5H2,(H,18,24)(H,22,23)/t13-/m1/s1. The Morgan fingerprint density at radius 2 is 2.29 bits per heavy atom. The van der Waals surface area contributed by atoms with E-state index in [2.05, 4.69) is 26.0 Å². The van der Waals surface area contributed by atoms with Crippen LogP contribution in [0, 0.1) is 10.6 Å². The molecule has 0 bridgehead atoms. The normalized spacial score (nSPS) is 14.9. The summed E-state index contributed by atoms with van der Waals surface area (Å²) in [6.45, 7) is 0.777. The maximum atomic E-state index is 14.2. The highest BCUT2D eigenvalue weighted by molar-refractivity contribution is 9.10. The van der Waals surface area contributed by atoms with Crippen LogP contribution in [0.25, 0.3) is 10.9 Å². The van der Waals surface area contributed by atoms with E-state index in [-0.39, 0.29) is 9.99 Å². The summed E-state index contributed by atoms with van der Waals surface area (Å²) >= 11 is 8.39. The zero-order valence-corrected chi connectivity index (χ0v) is 14.7. The summed E-state index contributed by atoms with van der Waals surface area (Å²) in [4.78, 5) is 14.9. The molecule has 1 aliphatic rings. The number of carboxylic acid groups (broad SMARTS) is 1. The largest absolute Gasteiger partial charge is 0.479 e. The second kappa shape index (κ2) is 5.52. The molecule has 0 saturated heterocycles. The lowest BCUT2D eigenvalue weighted by molar-refractivity contribution is -0.139. The number of nitrogens with zero attached hydrogens (tertiary/aromatic N) is 3. The first kappa shape index (κ1) is 15.5. The number of nitrogens with one attached hydrogen (secondary N) is 1. The van der Waals surface area contributed by atoms with Gasteiger partial charge in [-0.1, -0.05) is 0 Å². The van der Waals surface area contributed by atoms with Crippen molar-refractivity contribution in [1.29, 1.82) is 0 Å². The van der Waals surface area contributed by atoms with E-state index < -0.39 is 17.8 Å². The molecular weight excluding hydrogens is 399 g/mol. The molecule has 1 aliphatic heterocycles. The van der Waals surface area contributed by atoms with E-state index in [1.807, 2.05) is 4.57 Å². The lowest BCUT2D eigenvalue weighted by Gasteiger charge is -2.12. The van der Waals surface area contributed by atoms with E-state index in [0.717, 1.165) is 25.1 Å². The summed E-state index contributed by atoms with van der Waals surface area (Å²) < 4.78 is 18.2. The fourth-order valence-electron chi connectivity index (χ4n) is 3.21. The van der Waals surface area contributed by atoms with Gasteiger partial charge in [0.25, 0.3) is 0 Å². The Morgan fingerprint density at radius 3 is 3.04 bits per heavy atom. The minimum absolute atomic E-state index is 0.130. The zero-order valence-electron chi connectivity index (χ0n) is 12.3. The summed E-state index contributed by atoms with van der Waals surface area (Å²) in [6.07, 6.45) is 3.22. The van der Waals surface area contributed by atoms with E-state index in [9.17, 15) is 14.3 Å². The lowest BCUT2D eigenvalue weighted by atomic mass is 10.1. The Balaban J connectivity index is 1.91. The van der Waals surface area contributed by atoms with Crippen LogP contribution < -0.4 is 0 Å². The van der Waals surface area contributed by atoms with Crippen molar-refractivity contribution >= 4 is 45.0 Å². The predicted octanol–water partition coefficient (Wildman–Crippen LogP) is 3.42. The van der Waals surface area contributed by atoms with Gasteiger partial charge in [-0.05, 0) is 53.1 Å². The summed E-state index contributed by atoms with van der Waals surface area (Å²) in [7, 11) is 0. The molecule has 3 aromatic rings. The first-order chi connectivity index (χ1) is 11.5. The Labute approximate surface area is 149 Å². The number of hydrogen-bond donors (Lipinski definition) is 2. The molecule has 0 unspecified atom stereocenters. The van der Waals surface area contributed by atoms with Gasteiger partial charge in [-0.3, -0.25) is 4.68 Å². The van der Waals surface area contributed by atoms with Crippen LogP contribution in [0.4, 0.5) is 4.39 Å². The highest BCUT2D eigenvalue weighted by Crippen LogP contribution is 2.30. The molecule has 0 aliphatic carbocycles. The molecule has 0 saturated carbocycles. The molecule has 124 valence electrons. The second-order valence-corrected chi connectivity index (χ2v) is 6.94.